The first-order valence-electron chi connectivity index (χ1n) is 7.91. The largest absolute Gasteiger partial charge is 0.351 e. The van der Waals surface area contributed by atoms with Crippen LogP contribution in [-0.4, -0.2) is 11.0 Å². The van der Waals surface area contributed by atoms with E-state index in [9.17, 15) is 9.18 Å². The lowest BCUT2D eigenvalue weighted by molar-refractivity contribution is -0.118. The second-order valence-corrected chi connectivity index (χ2v) is 6.17. The number of halogens is 1. The van der Waals surface area contributed by atoms with Crippen LogP contribution in [0.1, 0.15) is 24.1 Å². The standard InChI is InChI=1S/C19H18FN3OS/c1-12-16(18(24)21-11-13-7-3-2-4-8-13)17(23-19(25)22-12)14-9-5-6-10-15(14)20/h2-10,17H,11H2,1H3,(H,21,24)(H2,22,23,25). The number of carbonyl (C=O) groups excluding carboxylic acids is 1. The van der Waals surface area contributed by atoms with Gasteiger partial charge in [0, 0.05) is 17.8 Å². The van der Waals surface area contributed by atoms with Gasteiger partial charge in [0.15, 0.2) is 5.11 Å². The number of benzene rings is 2. The Balaban J connectivity index is 1.87. The zero-order valence-electron chi connectivity index (χ0n) is 13.7. The highest BCUT2D eigenvalue weighted by Crippen LogP contribution is 2.28. The van der Waals surface area contributed by atoms with Crippen LogP contribution >= 0.6 is 12.2 Å². The van der Waals surface area contributed by atoms with Gasteiger partial charge in [-0.15, -0.1) is 0 Å². The van der Waals surface area contributed by atoms with Gasteiger partial charge in [0.1, 0.15) is 5.82 Å². The highest BCUT2D eigenvalue weighted by Gasteiger charge is 2.31. The molecule has 0 bridgehead atoms. The van der Waals surface area contributed by atoms with Gasteiger partial charge in [-0.2, -0.15) is 0 Å². The third-order valence-corrected chi connectivity index (χ3v) is 4.25. The number of thiocarbonyl (C=S) groups is 1. The Morgan fingerprint density at radius 1 is 1.16 bits per heavy atom. The van der Waals surface area contributed by atoms with Crippen LogP contribution in [0.25, 0.3) is 0 Å². The maximum atomic E-state index is 14.3. The van der Waals surface area contributed by atoms with Gasteiger partial charge in [0.05, 0.1) is 11.6 Å². The molecule has 0 radical (unpaired) electrons. The first kappa shape index (κ1) is 17.1. The van der Waals surface area contributed by atoms with Crippen molar-refractivity contribution in [3.05, 3.63) is 82.8 Å². The highest BCUT2D eigenvalue weighted by molar-refractivity contribution is 7.80. The molecule has 1 aliphatic rings. The highest BCUT2D eigenvalue weighted by atomic mass is 32.1. The molecule has 2 aromatic carbocycles. The molecule has 0 saturated carbocycles. The fourth-order valence-corrected chi connectivity index (χ4v) is 3.08. The van der Waals surface area contributed by atoms with Crippen molar-refractivity contribution in [2.45, 2.75) is 19.5 Å². The third-order valence-electron chi connectivity index (χ3n) is 4.03. The molecule has 1 amide bonds. The van der Waals surface area contributed by atoms with Crippen molar-refractivity contribution in [2.75, 3.05) is 0 Å². The third kappa shape index (κ3) is 3.85. The van der Waals surface area contributed by atoms with E-state index in [-0.39, 0.29) is 11.7 Å². The molecule has 3 rings (SSSR count). The van der Waals surface area contributed by atoms with Crippen LogP contribution in [0.5, 0.6) is 0 Å². The van der Waals surface area contributed by atoms with Crippen LogP contribution in [0.15, 0.2) is 65.9 Å². The second-order valence-electron chi connectivity index (χ2n) is 5.76. The van der Waals surface area contributed by atoms with E-state index < -0.39 is 6.04 Å². The molecular formula is C19H18FN3OS. The van der Waals surface area contributed by atoms with Gasteiger partial charge in [-0.3, -0.25) is 4.79 Å². The van der Waals surface area contributed by atoms with E-state index >= 15 is 0 Å². The Hall–Kier alpha value is -2.73. The molecule has 6 heteroatoms. The average molecular weight is 355 g/mol. The van der Waals surface area contributed by atoms with Gasteiger partial charge in [0.2, 0.25) is 0 Å². The summed E-state index contributed by atoms with van der Waals surface area (Å²) in [5.41, 5.74) is 2.41. The smallest absolute Gasteiger partial charge is 0.251 e. The van der Waals surface area contributed by atoms with Gasteiger partial charge in [0.25, 0.3) is 5.91 Å². The second kappa shape index (κ2) is 7.44. The van der Waals surface area contributed by atoms with E-state index in [0.717, 1.165) is 5.56 Å². The molecule has 0 saturated heterocycles. The fourth-order valence-electron chi connectivity index (χ4n) is 2.81. The van der Waals surface area contributed by atoms with Gasteiger partial charge in [-0.25, -0.2) is 4.39 Å². The molecule has 128 valence electrons. The van der Waals surface area contributed by atoms with Gasteiger partial charge in [-0.1, -0.05) is 48.5 Å². The summed E-state index contributed by atoms with van der Waals surface area (Å²) in [7, 11) is 0. The van der Waals surface area contributed by atoms with Crippen LogP contribution in [-0.2, 0) is 11.3 Å². The zero-order chi connectivity index (χ0) is 17.8. The number of rotatable bonds is 4. The fraction of sp³-hybridized carbons (Fsp3) is 0.158. The molecule has 0 spiro atoms. The summed E-state index contributed by atoms with van der Waals surface area (Å²) in [6, 6.07) is 15.4. The number of amides is 1. The summed E-state index contributed by atoms with van der Waals surface area (Å²) in [4.78, 5) is 12.8. The van der Waals surface area contributed by atoms with Crippen molar-refractivity contribution in [1.82, 2.24) is 16.0 Å². The Labute approximate surface area is 151 Å². The van der Waals surface area contributed by atoms with Crippen molar-refractivity contribution in [2.24, 2.45) is 0 Å². The number of allylic oxidation sites excluding steroid dienone is 1. The predicted octanol–water partition coefficient (Wildman–Crippen LogP) is 2.93. The van der Waals surface area contributed by atoms with Crippen molar-refractivity contribution in [3.8, 4) is 0 Å². The lowest BCUT2D eigenvalue weighted by Gasteiger charge is -2.30. The summed E-state index contributed by atoms with van der Waals surface area (Å²) in [6.07, 6.45) is 0. The summed E-state index contributed by atoms with van der Waals surface area (Å²) in [5.74, 6) is -0.650. The zero-order valence-corrected chi connectivity index (χ0v) is 14.5. The van der Waals surface area contributed by atoms with Crippen molar-refractivity contribution >= 4 is 23.2 Å². The minimum Gasteiger partial charge on any atom is -0.351 e. The topological polar surface area (TPSA) is 53.2 Å². The van der Waals surface area contributed by atoms with E-state index in [1.165, 1.54) is 6.07 Å². The first-order chi connectivity index (χ1) is 12.1. The molecule has 1 aliphatic heterocycles. The van der Waals surface area contributed by atoms with Crippen molar-refractivity contribution in [3.63, 3.8) is 0 Å². The Kier molecular flexibility index (Phi) is 5.09. The molecule has 25 heavy (non-hydrogen) atoms. The molecule has 3 N–H and O–H groups in total. The molecule has 1 atom stereocenters. The molecule has 0 fully saturated rings. The summed E-state index contributed by atoms with van der Waals surface area (Å²) in [6.45, 7) is 2.16. The maximum absolute atomic E-state index is 14.3. The van der Waals surface area contributed by atoms with Crippen molar-refractivity contribution in [1.29, 1.82) is 0 Å². The Morgan fingerprint density at radius 3 is 2.56 bits per heavy atom. The van der Waals surface area contributed by atoms with Gasteiger partial charge in [-0.05, 0) is 30.8 Å². The van der Waals surface area contributed by atoms with Crippen LogP contribution in [0.2, 0.25) is 0 Å². The van der Waals surface area contributed by atoms with E-state index in [2.05, 4.69) is 16.0 Å². The monoisotopic (exact) mass is 355 g/mol. The quantitative estimate of drug-likeness (QED) is 0.738. The molecule has 0 aliphatic carbocycles. The minimum absolute atomic E-state index is 0.267. The van der Waals surface area contributed by atoms with Gasteiger partial charge >= 0.3 is 0 Å². The van der Waals surface area contributed by atoms with E-state index in [4.69, 9.17) is 12.2 Å². The van der Waals surface area contributed by atoms with Crippen LogP contribution in [0, 0.1) is 5.82 Å². The van der Waals surface area contributed by atoms with Crippen LogP contribution in [0.3, 0.4) is 0 Å². The molecule has 4 nitrogen and oxygen atoms in total. The number of nitrogens with one attached hydrogen (secondary N) is 3. The van der Waals surface area contributed by atoms with E-state index in [1.807, 2.05) is 30.3 Å². The molecular weight excluding hydrogens is 337 g/mol. The molecule has 2 aromatic rings. The maximum Gasteiger partial charge on any atom is 0.251 e. The summed E-state index contributed by atoms with van der Waals surface area (Å²) >= 11 is 5.17. The van der Waals surface area contributed by atoms with Crippen molar-refractivity contribution < 1.29 is 9.18 Å². The normalized spacial score (nSPS) is 16.9. The lowest BCUT2D eigenvalue weighted by Crippen LogP contribution is -2.47. The van der Waals surface area contributed by atoms with Crippen LogP contribution in [0.4, 0.5) is 4.39 Å². The SMILES string of the molecule is CC1=C(C(=O)NCc2ccccc2)C(c2ccccc2F)NC(=S)N1. The summed E-state index contributed by atoms with van der Waals surface area (Å²) < 4.78 is 14.3. The molecule has 1 heterocycles. The van der Waals surface area contributed by atoms with Gasteiger partial charge < -0.3 is 16.0 Å². The molecule has 1 unspecified atom stereocenters. The summed E-state index contributed by atoms with van der Waals surface area (Å²) in [5, 5.41) is 9.20. The Bertz CT molecular complexity index is 836. The van der Waals surface area contributed by atoms with E-state index in [0.29, 0.717) is 28.5 Å². The number of hydrogen-bond donors (Lipinski definition) is 3. The van der Waals surface area contributed by atoms with E-state index in [1.54, 1.807) is 25.1 Å². The molecule has 0 aromatic heterocycles. The minimum atomic E-state index is -0.634. The number of hydrogen-bond acceptors (Lipinski definition) is 2. The first-order valence-corrected chi connectivity index (χ1v) is 8.32. The predicted molar refractivity (Wildman–Crippen MR) is 99.0 cm³/mol. The Morgan fingerprint density at radius 2 is 1.84 bits per heavy atom. The number of carbonyl (C=O) groups is 1. The van der Waals surface area contributed by atoms with Crippen LogP contribution < -0.4 is 16.0 Å². The average Bonchev–Trinajstić information content (AvgIpc) is 2.60. The lowest BCUT2D eigenvalue weighted by atomic mass is 9.94.